The van der Waals surface area contributed by atoms with E-state index < -0.39 is 5.67 Å². The van der Waals surface area contributed by atoms with Crippen molar-refractivity contribution >= 4 is 0 Å². The summed E-state index contributed by atoms with van der Waals surface area (Å²) in [5, 5.41) is 0. The van der Waals surface area contributed by atoms with Crippen LogP contribution < -0.4 is 9.47 Å². The number of rotatable bonds is 5. The van der Waals surface area contributed by atoms with E-state index in [0.717, 1.165) is 0 Å². The molecule has 1 aromatic rings. The molecule has 0 amide bonds. The lowest BCUT2D eigenvalue weighted by atomic mass is 10.0. The Morgan fingerprint density at radius 2 is 1.88 bits per heavy atom. The van der Waals surface area contributed by atoms with Crippen molar-refractivity contribution in [1.29, 1.82) is 0 Å². The van der Waals surface area contributed by atoms with Crippen LogP contribution in [0.1, 0.15) is 39.2 Å². The zero-order valence-corrected chi connectivity index (χ0v) is 11.2. The third kappa shape index (κ3) is 4.25. The maximum atomic E-state index is 13.4. The van der Waals surface area contributed by atoms with E-state index >= 15 is 0 Å². The Labute approximate surface area is 103 Å². The minimum Gasteiger partial charge on any atom is -0.493 e. The topological polar surface area (TPSA) is 18.5 Å². The molecule has 0 atom stereocenters. The van der Waals surface area contributed by atoms with E-state index in [4.69, 9.17) is 9.47 Å². The van der Waals surface area contributed by atoms with E-state index in [2.05, 4.69) is 13.8 Å². The largest absolute Gasteiger partial charge is 0.493 e. The van der Waals surface area contributed by atoms with Gasteiger partial charge in [0, 0.05) is 0 Å². The zero-order valence-electron chi connectivity index (χ0n) is 11.2. The minimum atomic E-state index is -1.35. The van der Waals surface area contributed by atoms with Crippen LogP contribution in [0.2, 0.25) is 0 Å². The van der Waals surface area contributed by atoms with Crippen LogP contribution >= 0.6 is 0 Å². The highest BCUT2D eigenvalue weighted by molar-refractivity contribution is 5.43. The molecule has 2 nitrogen and oxygen atoms in total. The summed E-state index contributed by atoms with van der Waals surface area (Å²) in [6.45, 7) is 7.22. The van der Waals surface area contributed by atoms with Crippen molar-refractivity contribution in [1.82, 2.24) is 0 Å². The molecule has 0 radical (unpaired) electrons. The third-order valence-corrected chi connectivity index (χ3v) is 2.43. The maximum Gasteiger partial charge on any atom is 0.161 e. The summed E-state index contributed by atoms with van der Waals surface area (Å²) in [5.41, 5.74) is -0.171. The van der Waals surface area contributed by atoms with E-state index in [1.165, 1.54) is 19.4 Å². The van der Waals surface area contributed by atoms with Gasteiger partial charge >= 0.3 is 0 Å². The number of hydrogen-bond acceptors (Lipinski definition) is 2. The third-order valence-electron chi connectivity index (χ3n) is 2.43. The van der Waals surface area contributed by atoms with Crippen molar-refractivity contribution in [3.8, 4) is 11.5 Å². The van der Waals surface area contributed by atoms with Crippen LogP contribution in [0.5, 0.6) is 11.5 Å². The number of alkyl halides is 1. The fourth-order valence-corrected chi connectivity index (χ4v) is 1.41. The summed E-state index contributed by atoms with van der Waals surface area (Å²) < 4.78 is 24.0. The summed E-state index contributed by atoms with van der Waals surface area (Å²) >= 11 is 0. The first kappa shape index (κ1) is 13.8. The van der Waals surface area contributed by atoms with Crippen molar-refractivity contribution in [3.05, 3.63) is 23.8 Å². The van der Waals surface area contributed by atoms with Crippen molar-refractivity contribution in [2.45, 2.75) is 39.3 Å². The average molecular weight is 240 g/mol. The molecule has 17 heavy (non-hydrogen) atoms. The smallest absolute Gasteiger partial charge is 0.161 e. The highest BCUT2D eigenvalue weighted by atomic mass is 19.1. The fraction of sp³-hybridized carbons (Fsp3) is 0.571. The second kappa shape index (κ2) is 5.39. The summed E-state index contributed by atoms with van der Waals surface area (Å²) in [4.78, 5) is 0. The summed E-state index contributed by atoms with van der Waals surface area (Å²) in [6.07, 6.45) is 0. The highest BCUT2D eigenvalue weighted by Gasteiger charge is 2.18. The molecular formula is C14H21FO2. The lowest BCUT2D eigenvalue weighted by molar-refractivity contribution is 0.118. The molecule has 1 rings (SSSR count). The molecule has 0 saturated carbocycles. The Kier molecular flexibility index (Phi) is 4.38. The minimum absolute atomic E-state index is 0.0182. The second-order valence-electron chi connectivity index (χ2n) is 5.07. The molecule has 0 fully saturated rings. The Morgan fingerprint density at radius 3 is 2.35 bits per heavy atom. The first-order valence-electron chi connectivity index (χ1n) is 5.83. The fourth-order valence-electron chi connectivity index (χ4n) is 1.41. The molecule has 0 unspecified atom stereocenters. The van der Waals surface area contributed by atoms with Crippen LogP contribution in [0, 0.1) is 0 Å². The zero-order chi connectivity index (χ0) is 13.1. The van der Waals surface area contributed by atoms with E-state index in [1.807, 2.05) is 18.2 Å². The molecule has 0 bridgehead atoms. The highest BCUT2D eigenvalue weighted by Crippen LogP contribution is 2.31. The first-order chi connectivity index (χ1) is 7.83. The lowest BCUT2D eigenvalue weighted by Crippen LogP contribution is -2.22. The molecule has 0 N–H and O–H groups in total. The molecule has 0 aliphatic rings. The normalized spacial score (nSPS) is 11.7. The van der Waals surface area contributed by atoms with Crippen LogP contribution in [0.15, 0.2) is 18.2 Å². The van der Waals surface area contributed by atoms with E-state index in [0.29, 0.717) is 17.4 Å². The molecule has 0 heterocycles. The van der Waals surface area contributed by atoms with Crippen LogP contribution in [0.25, 0.3) is 0 Å². The molecular weight excluding hydrogens is 219 g/mol. The SMILES string of the molecule is COc1cc(C(C)C)ccc1OCC(C)(C)F. The lowest BCUT2D eigenvalue weighted by Gasteiger charge is -2.18. The standard InChI is InChI=1S/C14H21FO2/c1-10(2)11-6-7-12(13(8-11)16-5)17-9-14(3,4)15/h6-8,10H,9H2,1-5H3. The molecule has 0 spiro atoms. The van der Waals surface area contributed by atoms with Gasteiger partial charge in [-0.3, -0.25) is 0 Å². The van der Waals surface area contributed by atoms with Crippen molar-refractivity contribution in [3.63, 3.8) is 0 Å². The van der Waals surface area contributed by atoms with Crippen LogP contribution in [-0.2, 0) is 0 Å². The summed E-state index contributed by atoms with van der Waals surface area (Å²) in [7, 11) is 1.59. The van der Waals surface area contributed by atoms with Gasteiger partial charge in [0.15, 0.2) is 11.5 Å². The van der Waals surface area contributed by atoms with Gasteiger partial charge in [0.05, 0.1) is 7.11 Å². The number of methoxy groups -OCH3 is 1. The quantitative estimate of drug-likeness (QED) is 0.776. The van der Waals surface area contributed by atoms with Gasteiger partial charge in [-0.25, -0.2) is 4.39 Å². The molecule has 0 saturated heterocycles. The van der Waals surface area contributed by atoms with E-state index in [9.17, 15) is 4.39 Å². The first-order valence-corrected chi connectivity index (χ1v) is 5.83. The monoisotopic (exact) mass is 240 g/mol. The van der Waals surface area contributed by atoms with Gasteiger partial charge in [-0.05, 0) is 37.5 Å². The Hall–Kier alpha value is -1.25. The Balaban J connectivity index is 2.86. The number of halogens is 1. The van der Waals surface area contributed by atoms with Crippen molar-refractivity contribution in [2.24, 2.45) is 0 Å². The van der Waals surface area contributed by atoms with E-state index in [1.54, 1.807) is 7.11 Å². The van der Waals surface area contributed by atoms with Crippen LogP contribution in [0.3, 0.4) is 0 Å². The van der Waals surface area contributed by atoms with Crippen molar-refractivity contribution < 1.29 is 13.9 Å². The molecule has 0 aliphatic carbocycles. The molecule has 3 heteroatoms. The number of ether oxygens (including phenoxy) is 2. The van der Waals surface area contributed by atoms with Gasteiger partial charge in [0.2, 0.25) is 0 Å². The number of hydrogen-bond donors (Lipinski definition) is 0. The van der Waals surface area contributed by atoms with Gasteiger partial charge in [0.1, 0.15) is 12.3 Å². The molecule has 96 valence electrons. The van der Waals surface area contributed by atoms with Crippen LogP contribution in [0.4, 0.5) is 4.39 Å². The predicted molar refractivity (Wildman–Crippen MR) is 67.8 cm³/mol. The summed E-state index contributed by atoms with van der Waals surface area (Å²) in [5.74, 6) is 1.67. The van der Waals surface area contributed by atoms with Crippen LogP contribution in [-0.4, -0.2) is 19.4 Å². The van der Waals surface area contributed by atoms with Gasteiger partial charge in [-0.1, -0.05) is 19.9 Å². The Bertz CT molecular complexity index is 367. The molecule has 1 aromatic carbocycles. The second-order valence-corrected chi connectivity index (χ2v) is 5.07. The number of benzene rings is 1. The van der Waals surface area contributed by atoms with Gasteiger partial charge < -0.3 is 9.47 Å². The molecule has 0 aliphatic heterocycles. The van der Waals surface area contributed by atoms with Gasteiger partial charge in [-0.2, -0.15) is 0 Å². The van der Waals surface area contributed by atoms with E-state index in [-0.39, 0.29) is 6.61 Å². The van der Waals surface area contributed by atoms with Gasteiger partial charge in [-0.15, -0.1) is 0 Å². The molecule has 0 aromatic heterocycles. The Morgan fingerprint density at radius 1 is 1.24 bits per heavy atom. The van der Waals surface area contributed by atoms with Gasteiger partial charge in [0.25, 0.3) is 0 Å². The average Bonchev–Trinajstić information content (AvgIpc) is 2.24. The summed E-state index contributed by atoms with van der Waals surface area (Å²) in [6, 6.07) is 5.75. The predicted octanol–water partition coefficient (Wildman–Crippen LogP) is 3.95. The maximum absolute atomic E-state index is 13.4. The van der Waals surface area contributed by atoms with Crippen molar-refractivity contribution in [2.75, 3.05) is 13.7 Å².